The van der Waals surface area contributed by atoms with Crippen molar-refractivity contribution in [2.45, 2.75) is 0 Å². The molecule has 0 spiro atoms. The molecule has 0 amide bonds. The zero-order chi connectivity index (χ0) is 17.8. The highest BCUT2D eigenvalue weighted by Crippen LogP contribution is 2.32. The molecule has 0 radical (unpaired) electrons. The summed E-state index contributed by atoms with van der Waals surface area (Å²) in [4.78, 5) is 12.9. The van der Waals surface area contributed by atoms with Gasteiger partial charge in [0.15, 0.2) is 0 Å². The van der Waals surface area contributed by atoms with E-state index in [9.17, 15) is 0 Å². The van der Waals surface area contributed by atoms with Crippen LogP contribution in [0.25, 0.3) is 54.9 Å². The van der Waals surface area contributed by atoms with Crippen molar-refractivity contribution in [1.82, 2.24) is 15.0 Å². The summed E-state index contributed by atoms with van der Waals surface area (Å²) in [5.74, 6) is 0. The van der Waals surface area contributed by atoms with E-state index in [0.717, 1.165) is 33.3 Å². The average Bonchev–Trinajstić information content (AvgIpc) is 3.08. The van der Waals surface area contributed by atoms with E-state index < -0.39 is 0 Å². The number of aromatic amines is 1. The molecule has 0 aliphatic heterocycles. The van der Waals surface area contributed by atoms with E-state index in [1.165, 1.54) is 21.5 Å². The van der Waals surface area contributed by atoms with Gasteiger partial charge in [-0.3, -0.25) is 4.98 Å². The van der Waals surface area contributed by atoms with Crippen molar-refractivity contribution >= 4 is 43.6 Å². The molecule has 0 bridgehead atoms. The first-order valence-corrected chi connectivity index (χ1v) is 9.02. The van der Waals surface area contributed by atoms with Crippen LogP contribution in [0.2, 0.25) is 0 Å². The number of aromatic nitrogens is 3. The van der Waals surface area contributed by atoms with Gasteiger partial charge in [0.25, 0.3) is 0 Å². The van der Waals surface area contributed by atoms with Crippen LogP contribution in [-0.2, 0) is 0 Å². The fraction of sp³-hybridized carbons (Fsp3) is 0. The van der Waals surface area contributed by atoms with E-state index in [1.54, 1.807) is 0 Å². The number of rotatable bonds is 1. The predicted octanol–water partition coefficient (Wildman–Crippen LogP) is 6.08. The normalized spacial score (nSPS) is 11.7. The molecule has 0 unspecified atom stereocenters. The molecule has 1 N–H and O–H groups in total. The molecular weight excluding hydrogens is 330 g/mol. The van der Waals surface area contributed by atoms with Crippen molar-refractivity contribution in [1.29, 1.82) is 0 Å². The summed E-state index contributed by atoms with van der Waals surface area (Å²) in [6.45, 7) is 0. The van der Waals surface area contributed by atoms with Crippen molar-refractivity contribution in [3.05, 3.63) is 85.1 Å². The Bertz CT molecular complexity index is 1480. The van der Waals surface area contributed by atoms with Gasteiger partial charge < -0.3 is 4.98 Å². The van der Waals surface area contributed by atoms with Gasteiger partial charge in [0.1, 0.15) is 0 Å². The van der Waals surface area contributed by atoms with Crippen LogP contribution in [0.15, 0.2) is 85.1 Å². The van der Waals surface area contributed by atoms with Crippen LogP contribution in [0.5, 0.6) is 0 Å². The zero-order valence-electron chi connectivity index (χ0n) is 14.5. The van der Waals surface area contributed by atoms with Crippen LogP contribution in [0, 0.1) is 0 Å². The lowest BCUT2D eigenvalue weighted by molar-refractivity contribution is 1.29. The average molecular weight is 345 g/mol. The van der Waals surface area contributed by atoms with Crippen molar-refractivity contribution in [2.24, 2.45) is 0 Å². The summed E-state index contributed by atoms with van der Waals surface area (Å²) in [6.07, 6.45) is 1.85. The summed E-state index contributed by atoms with van der Waals surface area (Å²) in [5, 5.41) is 4.99. The first-order chi connectivity index (χ1) is 13.3. The van der Waals surface area contributed by atoms with Gasteiger partial charge in [0, 0.05) is 27.4 Å². The number of hydrogen-bond donors (Lipinski definition) is 1. The van der Waals surface area contributed by atoms with Gasteiger partial charge in [0.05, 0.1) is 22.9 Å². The van der Waals surface area contributed by atoms with Gasteiger partial charge in [0.2, 0.25) is 0 Å². The molecule has 3 nitrogen and oxygen atoms in total. The standard InChI is InChI=1S/C24H15N3/c1-2-6-16-12-23-19(11-15(16)5-1)18-10-9-17(13-22(18)27-23)24-14-25-20-7-3-4-8-21(20)26-24/h1-14,27H. The molecule has 0 atom stereocenters. The van der Waals surface area contributed by atoms with Crippen molar-refractivity contribution in [3.63, 3.8) is 0 Å². The maximum atomic E-state index is 4.77. The SMILES string of the molecule is c1ccc2cc3c(cc2c1)[nH]c1cc(-c2cnc4ccccc4n2)ccc13. The van der Waals surface area contributed by atoms with Crippen LogP contribution >= 0.6 is 0 Å². The summed E-state index contributed by atoms with van der Waals surface area (Å²) < 4.78 is 0. The molecule has 0 aliphatic carbocycles. The Hall–Kier alpha value is -3.72. The summed E-state index contributed by atoms with van der Waals surface area (Å²) in [5.41, 5.74) is 6.06. The molecule has 4 aromatic carbocycles. The minimum absolute atomic E-state index is 0.888. The van der Waals surface area contributed by atoms with E-state index in [4.69, 9.17) is 4.98 Å². The third-order valence-electron chi connectivity index (χ3n) is 5.21. The molecule has 0 saturated carbocycles. The lowest BCUT2D eigenvalue weighted by Gasteiger charge is -2.03. The molecule has 0 fully saturated rings. The van der Waals surface area contributed by atoms with Crippen LogP contribution in [0.4, 0.5) is 0 Å². The second kappa shape index (κ2) is 5.39. The largest absolute Gasteiger partial charge is 0.354 e. The van der Waals surface area contributed by atoms with Crippen LogP contribution in [-0.4, -0.2) is 15.0 Å². The number of fused-ring (bicyclic) bond motifs is 5. The van der Waals surface area contributed by atoms with Gasteiger partial charge in [-0.25, -0.2) is 4.98 Å². The molecule has 2 aromatic heterocycles. The summed E-state index contributed by atoms with van der Waals surface area (Å²) >= 11 is 0. The van der Waals surface area contributed by atoms with E-state index in [0.29, 0.717) is 0 Å². The van der Waals surface area contributed by atoms with Crippen LogP contribution in [0.3, 0.4) is 0 Å². The van der Waals surface area contributed by atoms with Gasteiger partial charge in [-0.2, -0.15) is 0 Å². The third-order valence-corrected chi connectivity index (χ3v) is 5.21. The molecule has 27 heavy (non-hydrogen) atoms. The lowest BCUT2D eigenvalue weighted by atomic mass is 10.0. The first-order valence-electron chi connectivity index (χ1n) is 9.02. The van der Waals surface area contributed by atoms with Crippen LogP contribution < -0.4 is 0 Å². The monoisotopic (exact) mass is 345 g/mol. The molecule has 6 aromatic rings. The van der Waals surface area contributed by atoms with Crippen molar-refractivity contribution in [2.75, 3.05) is 0 Å². The van der Waals surface area contributed by atoms with E-state index in [-0.39, 0.29) is 0 Å². The number of nitrogens with zero attached hydrogens (tertiary/aromatic N) is 2. The Morgan fingerprint density at radius 1 is 0.630 bits per heavy atom. The molecular formula is C24H15N3. The number of nitrogens with one attached hydrogen (secondary N) is 1. The van der Waals surface area contributed by atoms with E-state index in [1.807, 2.05) is 30.5 Å². The van der Waals surface area contributed by atoms with Crippen molar-refractivity contribution < 1.29 is 0 Å². The van der Waals surface area contributed by atoms with Gasteiger partial charge in [-0.1, -0.05) is 48.5 Å². The molecule has 3 heteroatoms. The molecule has 6 rings (SSSR count). The quantitative estimate of drug-likeness (QED) is 0.392. The topological polar surface area (TPSA) is 41.6 Å². The number of hydrogen-bond acceptors (Lipinski definition) is 2. The van der Waals surface area contributed by atoms with Gasteiger partial charge >= 0.3 is 0 Å². The lowest BCUT2D eigenvalue weighted by Crippen LogP contribution is -1.88. The van der Waals surface area contributed by atoms with E-state index >= 15 is 0 Å². The molecule has 0 aliphatic rings. The fourth-order valence-electron chi connectivity index (χ4n) is 3.85. The Morgan fingerprint density at radius 2 is 1.37 bits per heavy atom. The van der Waals surface area contributed by atoms with Crippen LogP contribution in [0.1, 0.15) is 0 Å². The highest BCUT2D eigenvalue weighted by molar-refractivity contribution is 6.12. The smallest absolute Gasteiger partial charge is 0.0894 e. The molecule has 2 heterocycles. The maximum Gasteiger partial charge on any atom is 0.0894 e. The first kappa shape index (κ1) is 14.4. The number of benzene rings is 4. The Morgan fingerprint density at radius 3 is 2.26 bits per heavy atom. The fourth-order valence-corrected chi connectivity index (χ4v) is 3.85. The van der Waals surface area contributed by atoms with Gasteiger partial charge in [-0.15, -0.1) is 0 Å². The van der Waals surface area contributed by atoms with Gasteiger partial charge in [-0.05, 0) is 41.1 Å². The number of para-hydroxylation sites is 2. The Balaban J connectivity index is 1.57. The summed E-state index contributed by atoms with van der Waals surface area (Å²) in [6, 6.07) is 27.4. The zero-order valence-corrected chi connectivity index (χ0v) is 14.5. The number of H-pyrrole nitrogens is 1. The van der Waals surface area contributed by atoms with Crippen molar-refractivity contribution in [3.8, 4) is 11.3 Å². The third kappa shape index (κ3) is 2.22. The highest BCUT2D eigenvalue weighted by atomic mass is 14.8. The minimum atomic E-state index is 0.888. The maximum absolute atomic E-state index is 4.77. The second-order valence-corrected chi connectivity index (χ2v) is 6.87. The predicted molar refractivity (Wildman–Crippen MR) is 112 cm³/mol. The Kier molecular flexibility index (Phi) is 2.88. The van der Waals surface area contributed by atoms with E-state index in [2.05, 4.69) is 64.6 Å². The molecule has 126 valence electrons. The second-order valence-electron chi connectivity index (χ2n) is 6.87. The highest BCUT2D eigenvalue weighted by Gasteiger charge is 2.09. The molecule has 0 saturated heterocycles. The summed E-state index contributed by atoms with van der Waals surface area (Å²) in [7, 11) is 0. The minimum Gasteiger partial charge on any atom is -0.354 e. The Labute approximate surface area is 155 Å².